The summed E-state index contributed by atoms with van der Waals surface area (Å²) >= 11 is 0. The van der Waals surface area contributed by atoms with Gasteiger partial charge in [-0.25, -0.2) is 13.8 Å². The molecular weight excluding hydrogens is 927 g/mol. The third kappa shape index (κ3) is 9.87. The fourth-order valence-corrected chi connectivity index (χ4v) is 10.1. The maximum Gasteiger partial charge on any atom is 0.503 e. The van der Waals surface area contributed by atoms with Crippen LogP contribution >= 0.6 is 0 Å². The number of aromatic nitrogens is 2. The van der Waals surface area contributed by atoms with E-state index in [4.69, 9.17) is 9.72 Å². The number of ether oxygens (including phenoxy) is 1. The quantitative estimate of drug-likeness (QED) is 0.149. The second-order valence-electron chi connectivity index (χ2n) is 25.6. The number of hydrogen-bond acceptors (Lipinski definition) is 2. The second kappa shape index (κ2) is 18.1. The summed E-state index contributed by atoms with van der Waals surface area (Å²) < 4.78 is 44.6. The van der Waals surface area contributed by atoms with Gasteiger partial charge in [-0.15, -0.1) is 0 Å². The highest BCUT2D eigenvalue weighted by Gasteiger charge is 2.41. The largest absolute Gasteiger partial charge is 0.503 e. The summed E-state index contributed by atoms with van der Waals surface area (Å²) in [6.45, 7) is 33.3. The van der Waals surface area contributed by atoms with E-state index >= 15 is 8.78 Å². The van der Waals surface area contributed by atoms with Crippen LogP contribution < -0.4 is 13.9 Å². The lowest BCUT2D eigenvalue weighted by Crippen LogP contribution is -2.17. The fourth-order valence-electron chi connectivity index (χ4n) is 10.1. The summed E-state index contributed by atoms with van der Waals surface area (Å²) in [5, 5.41) is 2.25. The molecule has 2 aromatic heterocycles. The van der Waals surface area contributed by atoms with Gasteiger partial charge in [0, 0.05) is 47.3 Å². The van der Waals surface area contributed by atoms with E-state index in [2.05, 4.69) is 233 Å². The molecule has 0 atom stereocenters. The molecule has 0 aliphatic carbocycles. The first-order valence-electron chi connectivity index (χ1n) is 26.2. The summed E-state index contributed by atoms with van der Waals surface area (Å²) in [4.78, 5) is 4.92. The van der Waals surface area contributed by atoms with E-state index in [9.17, 15) is 0 Å². The molecule has 0 saturated heterocycles. The molecule has 0 bridgehead atoms. The van der Waals surface area contributed by atoms with Gasteiger partial charge in [0.05, 0.1) is 28.2 Å². The number of halogens is 2. The Morgan fingerprint density at radius 2 is 0.960 bits per heavy atom. The van der Waals surface area contributed by atoms with Crippen molar-refractivity contribution in [2.24, 2.45) is 0 Å². The minimum atomic E-state index is -0.640. The summed E-state index contributed by atoms with van der Waals surface area (Å²) in [5.74, 6) is 0.931. The first kappa shape index (κ1) is 51.0. The van der Waals surface area contributed by atoms with Crippen molar-refractivity contribution in [1.82, 2.24) is 18.7 Å². The lowest BCUT2D eigenvalue weighted by Gasteiger charge is -2.27. The topological polar surface area (TPSA) is 33.1 Å². The second-order valence-corrected chi connectivity index (χ2v) is 25.6. The third-order valence-corrected chi connectivity index (χ3v) is 14.6. The molecule has 380 valence electrons. The highest BCUT2D eigenvalue weighted by atomic mass is 19.1. The SMILES string of the molecule is CC(C)(C)c1cc(Oc2ccc3c4ccccc4n(-c4cc(C(C)(C)C)ccn4)c3c2)cc([N+]2=C=[N+](c3c(-c4cc(F)cc(F)c4)cc(C(C)(C)C)cc3-c3cc(C(C)(C)C)cc(C(C)(C)C)c3)c3ccccc32)c1. The van der Waals surface area contributed by atoms with Crippen LogP contribution in [0.5, 0.6) is 11.5 Å². The van der Waals surface area contributed by atoms with E-state index in [1.54, 1.807) is 0 Å². The molecule has 0 unspecified atom stereocenters. The lowest BCUT2D eigenvalue weighted by molar-refractivity contribution is 0.479. The van der Waals surface area contributed by atoms with Crippen molar-refractivity contribution < 1.29 is 13.5 Å². The zero-order valence-electron chi connectivity index (χ0n) is 46.4. The summed E-state index contributed by atoms with van der Waals surface area (Å²) in [7, 11) is 0. The standard InChI is InChI=1S/C68H70F2N4O/c1-64(2,3)44-26-27-71-62(37-44)74-58-21-17-16-20-54(58)55-25-24-52(40-61(55)74)75-53-34-47(67(10,11)12)33-51(39-53)72-41-73(60-23-19-18-22-59(60)72)63-56(42-28-45(65(4,5)6)32-46(29-42)66(7,8)9)35-48(68(13,14)15)36-57(63)43-30-49(69)38-50(70)31-43/h16-40H,1-15H3/q+2. The van der Waals surface area contributed by atoms with Crippen LogP contribution in [0.4, 0.5) is 31.5 Å². The Morgan fingerprint density at radius 3 is 1.56 bits per heavy atom. The molecular formula is C68H70F2N4O+2. The van der Waals surface area contributed by atoms with Crippen LogP contribution in [-0.2, 0) is 27.1 Å². The van der Waals surface area contributed by atoms with E-state index in [1.807, 2.05) is 24.4 Å². The maximum absolute atomic E-state index is 15.6. The van der Waals surface area contributed by atoms with Crippen molar-refractivity contribution in [3.63, 3.8) is 0 Å². The maximum atomic E-state index is 15.6. The number of fused-ring (bicyclic) bond motifs is 4. The monoisotopic (exact) mass is 997 g/mol. The van der Waals surface area contributed by atoms with Gasteiger partial charge in [0.15, 0.2) is 0 Å². The summed E-state index contributed by atoms with van der Waals surface area (Å²) in [6, 6.07) is 52.7. The predicted octanol–water partition coefficient (Wildman–Crippen LogP) is 18.9. The van der Waals surface area contributed by atoms with Crippen LogP contribution in [0.2, 0.25) is 0 Å². The van der Waals surface area contributed by atoms with Gasteiger partial charge in [-0.3, -0.25) is 4.57 Å². The van der Waals surface area contributed by atoms with Gasteiger partial charge in [-0.1, -0.05) is 152 Å². The van der Waals surface area contributed by atoms with Gasteiger partial charge >= 0.3 is 6.01 Å². The van der Waals surface area contributed by atoms with E-state index < -0.39 is 11.6 Å². The van der Waals surface area contributed by atoms with Crippen molar-refractivity contribution in [3.8, 4) is 39.6 Å². The highest BCUT2D eigenvalue weighted by Crippen LogP contribution is 2.49. The number of benzene rings is 7. The Balaban J connectivity index is 1.22. The Kier molecular flexibility index (Phi) is 12.3. The van der Waals surface area contributed by atoms with E-state index in [1.165, 1.54) is 28.8 Å². The first-order valence-corrected chi connectivity index (χ1v) is 26.2. The molecule has 0 saturated carbocycles. The van der Waals surface area contributed by atoms with E-state index in [-0.39, 0.29) is 27.1 Å². The van der Waals surface area contributed by atoms with Gasteiger partial charge in [0.1, 0.15) is 29.0 Å². The Labute approximate surface area is 442 Å². The number of rotatable bonds is 7. The first-order chi connectivity index (χ1) is 35.1. The van der Waals surface area contributed by atoms with Crippen LogP contribution in [0.15, 0.2) is 152 Å². The third-order valence-electron chi connectivity index (χ3n) is 14.6. The van der Waals surface area contributed by atoms with E-state index in [0.29, 0.717) is 22.6 Å². The smallest absolute Gasteiger partial charge is 0.457 e. The zero-order valence-corrected chi connectivity index (χ0v) is 46.4. The van der Waals surface area contributed by atoms with Gasteiger partial charge in [-0.05, 0) is 136 Å². The lowest BCUT2D eigenvalue weighted by atomic mass is 9.77. The highest BCUT2D eigenvalue weighted by molar-refractivity contribution is 6.09. The molecule has 0 N–H and O–H groups in total. The van der Waals surface area contributed by atoms with Crippen molar-refractivity contribution >= 4 is 50.6 Å². The molecule has 7 aromatic carbocycles. The molecule has 0 spiro atoms. The predicted molar refractivity (Wildman–Crippen MR) is 310 cm³/mol. The molecule has 1 aliphatic rings. The molecule has 5 nitrogen and oxygen atoms in total. The average Bonchev–Trinajstić information content (AvgIpc) is 3.88. The van der Waals surface area contributed by atoms with Crippen LogP contribution in [0.1, 0.15) is 132 Å². The van der Waals surface area contributed by atoms with Crippen molar-refractivity contribution in [3.05, 3.63) is 191 Å². The zero-order chi connectivity index (χ0) is 53.7. The number of hydrogen-bond donors (Lipinski definition) is 0. The van der Waals surface area contributed by atoms with Crippen molar-refractivity contribution in [2.75, 3.05) is 0 Å². The number of nitrogens with zero attached hydrogens (tertiary/aromatic N) is 4. The molecule has 7 heteroatoms. The van der Waals surface area contributed by atoms with Crippen LogP contribution in [0.3, 0.4) is 0 Å². The van der Waals surface area contributed by atoms with Crippen molar-refractivity contribution in [1.29, 1.82) is 0 Å². The number of pyridine rings is 1. The Morgan fingerprint density at radius 1 is 0.440 bits per heavy atom. The normalized spacial score (nSPS) is 13.3. The van der Waals surface area contributed by atoms with Gasteiger partial charge in [-0.2, -0.15) is 0 Å². The summed E-state index contributed by atoms with van der Waals surface area (Å²) in [6.07, 6.45) is 1.90. The van der Waals surface area contributed by atoms with Gasteiger partial charge in [0.25, 0.3) is 11.4 Å². The van der Waals surface area contributed by atoms with Crippen LogP contribution in [0, 0.1) is 11.6 Å². The minimum absolute atomic E-state index is 0.0569. The molecule has 0 radical (unpaired) electrons. The molecule has 75 heavy (non-hydrogen) atoms. The Bertz CT molecular complexity index is 3780. The minimum Gasteiger partial charge on any atom is -0.457 e. The molecule has 3 heterocycles. The van der Waals surface area contributed by atoms with E-state index in [0.717, 1.165) is 78.7 Å². The average molecular weight is 997 g/mol. The molecule has 1 aliphatic heterocycles. The Hall–Kier alpha value is -7.47. The van der Waals surface area contributed by atoms with Crippen LogP contribution in [0.25, 0.3) is 49.9 Å². The van der Waals surface area contributed by atoms with Gasteiger partial charge in [0.2, 0.25) is 11.4 Å². The number of para-hydroxylation sites is 3. The molecule has 10 rings (SSSR count). The van der Waals surface area contributed by atoms with Gasteiger partial charge < -0.3 is 4.74 Å². The molecule has 9 aromatic rings. The molecule has 0 fully saturated rings. The van der Waals surface area contributed by atoms with Crippen LogP contribution in [-0.4, -0.2) is 15.6 Å². The fraction of sp³-hybridized carbons (Fsp3) is 0.294. The molecule has 0 amide bonds. The van der Waals surface area contributed by atoms with Crippen molar-refractivity contribution in [2.45, 2.75) is 131 Å². The summed E-state index contributed by atoms with van der Waals surface area (Å²) in [5.41, 5.74) is 13.3.